The third-order valence-electron chi connectivity index (χ3n) is 4.90. The SMILES string of the molecule is CCNC(=NCCCN1CCCC(C(N)=O)C1)N(C)Cc1ccc(Cl)c(Cl)c1.I. The summed E-state index contributed by atoms with van der Waals surface area (Å²) in [6.07, 6.45) is 2.89. The number of likely N-dealkylation sites (tertiary alicyclic amines) is 1. The van der Waals surface area contributed by atoms with Crippen molar-refractivity contribution in [3.05, 3.63) is 33.8 Å². The van der Waals surface area contributed by atoms with Crippen molar-refractivity contribution in [2.75, 3.05) is 39.8 Å². The van der Waals surface area contributed by atoms with Crippen molar-refractivity contribution in [2.24, 2.45) is 16.6 Å². The van der Waals surface area contributed by atoms with Gasteiger partial charge in [0.15, 0.2) is 5.96 Å². The maximum atomic E-state index is 11.4. The maximum absolute atomic E-state index is 11.4. The molecule has 1 saturated heterocycles. The predicted octanol–water partition coefficient (Wildman–Crippen LogP) is 3.60. The zero-order valence-electron chi connectivity index (χ0n) is 17.2. The molecule has 1 unspecified atom stereocenters. The molecule has 0 radical (unpaired) electrons. The second kappa shape index (κ2) is 13.5. The van der Waals surface area contributed by atoms with Crippen LogP contribution in [0.1, 0.15) is 31.7 Å². The molecule has 9 heteroatoms. The number of carbonyl (C=O) groups excluding carboxylic acids is 1. The van der Waals surface area contributed by atoms with Crippen molar-refractivity contribution < 1.29 is 4.79 Å². The lowest BCUT2D eigenvalue weighted by molar-refractivity contribution is -0.123. The van der Waals surface area contributed by atoms with Gasteiger partial charge in [-0.15, -0.1) is 24.0 Å². The normalized spacial score (nSPS) is 17.5. The van der Waals surface area contributed by atoms with Crippen LogP contribution in [0.15, 0.2) is 23.2 Å². The number of piperidine rings is 1. The van der Waals surface area contributed by atoms with Gasteiger partial charge in [0.2, 0.25) is 5.91 Å². The van der Waals surface area contributed by atoms with E-state index in [4.69, 9.17) is 33.9 Å². The minimum absolute atomic E-state index is 0. The van der Waals surface area contributed by atoms with Gasteiger partial charge in [-0.3, -0.25) is 9.79 Å². The van der Waals surface area contributed by atoms with Crippen molar-refractivity contribution in [1.29, 1.82) is 0 Å². The lowest BCUT2D eigenvalue weighted by atomic mass is 9.97. The Morgan fingerprint density at radius 1 is 1.38 bits per heavy atom. The minimum atomic E-state index is -0.180. The molecule has 0 bridgehead atoms. The number of halogens is 3. The molecule has 1 aliphatic heterocycles. The van der Waals surface area contributed by atoms with E-state index in [0.29, 0.717) is 16.6 Å². The standard InChI is InChI=1S/C20H31Cl2N5O.HI/c1-3-24-20(26(2)13-15-7-8-17(21)18(22)12-15)25-9-5-11-27-10-4-6-16(14-27)19(23)28;/h7-8,12,16H,3-6,9-11,13-14H2,1-2H3,(H2,23,28)(H,24,25);1H. The van der Waals surface area contributed by atoms with E-state index in [1.807, 2.05) is 25.2 Å². The van der Waals surface area contributed by atoms with Crippen LogP contribution in [-0.4, -0.2) is 61.4 Å². The zero-order valence-corrected chi connectivity index (χ0v) is 21.0. The maximum Gasteiger partial charge on any atom is 0.221 e. The molecule has 1 fully saturated rings. The fourth-order valence-electron chi connectivity index (χ4n) is 3.43. The number of hydrogen-bond donors (Lipinski definition) is 2. The summed E-state index contributed by atoms with van der Waals surface area (Å²) in [5.74, 6) is 0.676. The molecule has 1 atom stereocenters. The van der Waals surface area contributed by atoms with E-state index >= 15 is 0 Å². The highest BCUT2D eigenvalue weighted by atomic mass is 127. The first-order valence-corrected chi connectivity index (χ1v) is 10.6. The van der Waals surface area contributed by atoms with Crippen LogP contribution < -0.4 is 11.1 Å². The molecule has 0 spiro atoms. The molecule has 0 aliphatic carbocycles. The van der Waals surface area contributed by atoms with Crippen LogP contribution in [0.5, 0.6) is 0 Å². The van der Waals surface area contributed by atoms with Crippen molar-refractivity contribution in [2.45, 2.75) is 32.7 Å². The van der Waals surface area contributed by atoms with Gasteiger partial charge in [0.05, 0.1) is 16.0 Å². The first-order chi connectivity index (χ1) is 13.4. The quantitative estimate of drug-likeness (QED) is 0.222. The van der Waals surface area contributed by atoms with Gasteiger partial charge in [-0.25, -0.2) is 0 Å². The van der Waals surface area contributed by atoms with Crippen LogP contribution in [0.3, 0.4) is 0 Å². The Morgan fingerprint density at radius 2 is 2.14 bits per heavy atom. The van der Waals surface area contributed by atoms with Gasteiger partial charge < -0.3 is 20.9 Å². The largest absolute Gasteiger partial charge is 0.369 e. The number of rotatable bonds is 8. The van der Waals surface area contributed by atoms with Crippen LogP contribution in [-0.2, 0) is 11.3 Å². The third-order valence-corrected chi connectivity index (χ3v) is 5.64. The van der Waals surface area contributed by atoms with Crippen molar-refractivity contribution in [1.82, 2.24) is 15.1 Å². The second-order valence-corrected chi connectivity index (χ2v) is 8.05. The topological polar surface area (TPSA) is 74.0 Å². The summed E-state index contributed by atoms with van der Waals surface area (Å²) in [6.45, 7) is 7.02. The molecule has 0 aromatic heterocycles. The monoisotopic (exact) mass is 555 g/mol. The summed E-state index contributed by atoms with van der Waals surface area (Å²) >= 11 is 12.1. The molecule has 1 heterocycles. The molecular weight excluding hydrogens is 524 g/mol. The van der Waals surface area contributed by atoms with Gasteiger partial charge in [0.25, 0.3) is 0 Å². The first kappa shape index (κ1) is 26.3. The average Bonchev–Trinajstić information content (AvgIpc) is 2.67. The van der Waals surface area contributed by atoms with E-state index < -0.39 is 0 Å². The lowest BCUT2D eigenvalue weighted by Gasteiger charge is -2.30. The Morgan fingerprint density at radius 3 is 2.79 bits per heavy atom. The summed E-state index contributed by atoms with van der Waals surface area (Å²) in [6, 6.07) is 5.67. The number of nitrogens with zero attached hydrogens (tertiary/aromatic N) is 3. The summed E-state index contributed by atoms with van der Waals surface area (Å²) < 4.78 is 0. The minimum Gasteiger partial charge on any atom is -0.369 e. The first-order valence-electron chi connectivity index (χ1n) is 9.85. The van der Waals surface area contributed by atoms with Crippen LogP contribution in [0.4, 0.5) is 0 Å². The molecule has 1 amide bonds. The van der Waals surface area contributed by atoms with E-state index in [1.54, 1.807) is 0 Å². The number of primary amides is 1. The fraction of sp³-hybridized carbons (Fsp3) is 0.600. The predicted molar refractivity (Wildman–Crippen MR) is 132 cm³/mol. The van der Waals surface area contributed by atoms with Crippen molar-refractivity contribution >= 4 is 59.0 Å². The van der Waals surface area contributed by atoms with Gasteiger partial charge in [0, 0.05) is 33.2 Å². The molecule has 1 aromatic rings. The van der Waals surface area contributed by atoms with Gasteiger partial charge in [-0.2, -0.15) is 0 Å². The van der Waals surface area contributed by atoms with Crippen LogP contribution in [0.25, 0.3) is 0 Å². The number of guanidine groups is 1. The summed E-state index contributed by atoms with van der Waals surface area (Å²) in [7, 11) is 2.01. The van der Waals surface area contributed by atoms with E-state index in [0.717, 1.165) is 63.5 Å². The van der Waals surface area contributed by atoms with E-state index in [9.17, 15) is 4.79 Å². The van der Waals surface area contributed by atoms with Gasteiger partial charge in [-0.1, -0.05) is 29.3 Å². The van der Waals surface area contributed by atoms with Crippen molar-refractivity contribution in [3.63, 3.8) is 0 Å². The molecule has 1 aliphatic rings. The van der Waals surface area contributed by atoms with E-state index in [1.165, 1.54) is 0 Å². The van der Waals surface area contributed by atoms with Crippen LogP contribution in [0, 0.1) is 5.92 Å². The molecule has 2 rings (SSSR count). The molecule has 29 heavy (non-hydrogen) atoms. The van der Waals surface area contributed by atoms with E-state index in [-0.39, 0.29) is 35.8 Å². The number of carbonyl (C=O) groups is 1. The highest BCUT2D eigenvalue weighted by Gasteiger charge is 2.23. The Kier molecular flexibility index (Phi) is 12.2. The Bertz CT molecular complexity index is 689. The Labute approximate surface area is 201 Å². The summed E-state index contributed by atoms with van der Waals surface area (Å²) in [5.41, 5.74) is 6.53. The lowest BCUT2D eigenvalue weighted by Crippen LogP contribution is -2.41. The molecule has 3 N–H and O–H groups in total. The highest BCUT2D eigenvalue weighted by Crippen LogP contribution is 2.23. The number of nitrogens with two attached hydrogens (primary N) is 1. The smallest absolute Gasteiger partial charge is 0.221 e. The Hall–Kier alpha value is -0.770. The van der Waals surface area contributed by atoms with Gasteiger partial charge in [0.1, 0.15) is 0 Å². The summed E-state index contributed by atoms with van der Waals surface area (Å²) in [5, 5.41) is 4.45. The van der Waals surface area contributed by atoms with E-state index in [2.05, 4.69) is 22.0 Å². The molecular formula is C20H32Cl2IN5O. The number of benzene rings is 1. The Balaban J connectivity index is 0.00000420. The molecule has 164 valence electrons. The fourth-order valence-corrected chi connectivity index (χ4v) is 3.75. The number of nitrogens with one attached hydrogen (secondary N) is 1. The van der Waals surface area contributed by atoms with Gasteiger partial charge >= 0.3 is 0 Å². The number of aliphatic imine (C=N–C) groups is 1. The number of hydrogen-bond acceptors (Lipinski definition) is 3. The number of amides is 1. The highest BCUT2D eigenvalue weighted by molar-refractivity contribution is 14.0. The zero-order chi connectivity index (χ0) is 20.5. The van der Waals surface area contributed by atoms with Crippen molar-refractivity contribution in [3.8, 4) is 0 Å². The molecule has 1 aromatic carbocycles. The van der Waals surface area contributed by atoms with Gasteiger partial charge in [-0.05, 0) is 57.0 Å². The molecule has 6 nitrogen and oxygen atoms in total. The third kappa shape index (κ3) is 8.86. The van der Waals surface area contributed by atoms with Crippen LogP contribution in [0.2, 0.25) is 10.0 Å². The molecule has 0 saturated carbocycles. The van der Waals surface area contributed by atoms with Crippen LogP contribution >= 0.6 is 47.2 Å². The summed E-state index contributed by atoms with van der Waals surface area (Å²) in [4.78, 5) is 20.5. The average molecular weight is 556 g/mol. The second-order valence-electron chi connectivity index (χ2n) is 7.24.